The maximum Gasteiger partial charge on any atom is 0.267 e. The van der Waals surface area contributed by atoms with Crippen molar-refractivity contribution in [1.29, 1.82) is 0 Å². The highest BCUT2D eigenvalue weighted by molar-refractivity contribution is 8.01. The Morgan fingerprint density at radius 1 is 1.23 bits per heavy atom. The first-order valence-electron chi connectivity index (χ1n) is 8.87. The maximum absolute atomic E-state index is 12.5. The minimum Gasteiger partial charge on any atom is -0.481 e. The molecule has 1 aromatic heterocycles. The number of benzene rings is 1. The molecule has 5 nitrogen and oxygen atoms in total. The van der Waals surface area contributed by atoms with Crippen LogP contribution in [0.15, 0.2) is 28.6 Å². The van der Waals surface area contributed by atoms with Crippen molar-refractivity contribution in [3.8, 4) is 5.75 Å². The second-order valence-corrected chi connectivity index (χ2v) is 9.32. The zero-order valence-corrected chi connectivity index (χ0v) is 17.7. The van der Waals surface area contributed by atoms with Gasteiger partial charge in [-0.25, -0.2) is 0 Å². The number of amides is 1. The molecule has 1 N–H and O–H groups in total. The summed E-state index contributed by atoms with van der Waals surface area (Å²) in [4.78, 5) is 12.5. The Morgan fingerprint density at radius 3 is 2.50 bits per heavy atom. The molecule has 2 rings (SSSR count). The standard InChI is InChI=1S/C19H27N3O2S2/c1-6-12-25-18-22-21-17(26-18)20-16(23)15(7-2)24-14-10-8-13(9-11-14)19(3,4)5/h8-11,15H,6-7,12H2,1-5H3,(H,20,21,23). The Morgan fingerprint density at radius 2 is 1.92 bits per heavy atom. The van der Waals surface area contributed by atoms with Gasteiger partial charge in [-0.3, -0.25) is 10.1 Å². The first-order chi connectivity index (χ1) is 12.3. The van der Waals surface area contributed by atoms with E-state index in [1.807, 2.05) is 31.2 Å². The first-order valence-corrected chi connectivity index (χ1v) is 10.7. The van der Waals surface area contributed by atoms with Gasteiger partial charge < -0.3 is 4.74 Å². The topological polar surface area (TPSA) is 64.1 Å². The highest BCUT2D eigenvalue weighted by Crippen LogP contribution is 2.27. The fourth-order valence-electron chi connectivity index (χ4n) is 2.21. The van der Waals surface area contributed by atoms with Crippen LogP contribution >= 0.6 is 23.1 Å². The van der Waals surface area contributed by atoms with Crippen molar-refractivity contribution in [2.45, 2.75) is 63.3 Å². The number of rotatable bonds is 8. The van der Waals surface area contributed by atoms with Crippen molar-refractivity contribution in [2.24, 2.45) is 0 Å². The molecule has 0 radical (unpaired) electrons. The molecule has 0 aliphatic rings. The summed E-state index contributed by atoms with van der Waals surface area (Å²) in [5.41, 5.74) is 1.32. The van der Waals surface area contributed by atoms with Crippen LogP contribution in [0.5, 0.6) is 5.75 Å². The van der Waals surface area contributed by atoms with E-state index in [0.29, 0.717) is 17.3 Å². The molecule has 0 spiro atoms. The van der Waals surface area contributed by atoms with Crippen molar-refractivity contribution in [1.82, 2.24) is 10.2 Å². The summed E-state index contributed by atoms with van der Waals surface area (Å²) in [7, 11) is 0. The van der Waals surface area contributed by atoms with Crippen LogP contribution in [0.2, 0.25) is 0 Å². The van der Waals surface area contributed by atoms with Crippen molar-refractivity contribution in [3.63, 3.8) is 0 Å². The molecule has 142 valence electrons. The molecular weight excluding hydrogens is 366 g/mol. The van der Waals surface area contributed by atoms with Gasteiger partial charge >= 0.3 is 0 Å². The molecule has 0 aliphatic heterocycles. The highest BCUT2D eigenvalue weighted by atomic mass is 32.2. The summed E-state index contributed by atoms with van der Waals surface area (Å²) in [5.74, 6) is 1.49. The van der Waals surface area contributed by atoms with Crippen LogP contribution in [0.3, 0.4) is 0 Å². The summed E-state index contributed by atoms with van der Waals surface area (Å²) in [6.45, 7) is 10.5. The fraction of sp³-hybridized carbons (Fsp3) is 0.526. The zero-order chi connectivity index (χ0) is 19.2. The van der Waals surface area contributed by atoms with E-state index in [9.17, 15) is 4.79 Å². The van der Waals surface area contributed by atoms with Crippen molar-refractivity contribution >= 4 is 34.1 Å². The number of aromatic nitrogens is 2. The Hall–Kier alpha value is -1.60. The molecular formula is C19H27N3O2S2. The Balaban J connectivity index is 1.96. The number of anilines is 1. The third-order valence-corrected chi connectivity index (χ3v) is 5.91. The molecule has 7 heteroatoms. The highest BCUT2D eigenvalue weighted by Gasteiger charge is 2.21. The summed E-state index contributed by atoms with van der Waals surface area (Å²) >= 11 is 3.04. The van der Waals surface area contributed by atoms with Gasteiger partial charge in [0.05, 0.1) is 0 Å². The SMILES string of the molecule is CCCSc1nnc(NC(=O)C(CC)Oc2ccc(C(C)(C)C)cc2)s1. The lowest BCUT2D eigenvalue weighted by atomic mass is 9.87. The molecule has 1 atom stereocenters. The van der Waals surface area contributed by atoms with E-state index in [-0.39, 0.29) is 11.3 Å². The number of nitrogens with one attached hydrogen (secondary N) is 1. The van der Waals surface area contributed by atoms with Crippen molar-refractivity contribution < 1.29 is 9.53 Å². The average Bonchev–Trinajstić information content (AvgIpc) is 3.04. The fourth-order valence-corrected chi connectivity index (χ4v) is 3.89. The minimum absolute atomic E-state index is 0.0887. The number of ether oxygens (including phenoxy) is 1. The van der Waals surface area contributed by atoms with Crippen molar-refractivity contribution in [3.05, 3.63) is 29.8 Å². The summed E-state index contributed by atoms with van der Waals surface area (Å²) in [5, 5.41) is 11.4. The number of hydrogen-bond acceptors (Lipinski definition) is 6. The van der Waals surface area contributed by atoms with Gasteiger partial charge in [0.1, 0.15) is 5.75 Å². The summed E-state index contributed by atoms with van der Waals surface area (Å²) in [6, 6.07) is 7.92. The van der Waals surface area contributed by atoms with Crippen LogP contribution in [0, 0.1) is 0 Å². The number of thioether (sulfide) groups is 1. The zero-order valence-electron chi connectivity index (χ0n) is 16.0. The maximum atomic E-state index is 12.5. The van der Waals surface area contributed by atoms with Crippen LogP contribution in [0.4, 0.5) is 5.13 Å². The van der Waals surface area contributed by atoms with Crippen LogP contribution in [-0.4, -0.2) is 28.0 Å². The molecule has 1 aromatic carbocycles. The van der Waals surface area contributed by atoms with E-state index >= 15 is 0 Å². The van der Waals surface area contributed by atoms with Gasteiger partial charge in [-0.15, -0.1) is 10.2 Å². The molecule has 0 bridgehead atoms. The second-order valence-electron chi connectivity index (χ2n) is 7.00. The second kappa shape index (κ2) is 9.37. The number of carbonyl (C=O) groups excluding carboxylic acids is 1. The Labute approximate surface area is 163 Å². The Kier molecular flexibility index (Phi) is 7.46. The lowest BCUT2D eigenvalue weighted by molar-refractivity contribution is -0.122. The van der Waals surface area contributed by atoms with Gasteiger partial charge in [0.2, 0.25) is 5.13 Å². The number of hydrogen-bond donors (Lipinski definition) is 1. The first kappa shape index (κ1) is 20.7. The lowest BCUT2D eigenvalue weighted by Crippen LogP contribution is -2.32. The molecule has 0 fully saturated rings. The van der Waals surface area contributed by atoms with Gasteiger partial charge in [-0.05, 0) is 36.0 Å². The normalized spacial score (nSPS) is 12.7. The predicted molar refractivity (Wildman–Crippen MR) is 109 cm³/mol. The molecule has 2 aromatic rings. The smallest absolute Gasteiger partial charge is 0.267 e. The van der Waals surface area contributed by atoms with E-state index in [2.05, 4.69) is 43.2 Å². The summed E-state index contributed by atoms with van der Waals surface area (Å²) < 4.78 is 6.75. The van der Waals surface area contributed by atoms with Gasteiger partial charge in [0.25, 0.3) is 5.91 Å². The molecule has 0 saturated heterocycles. The van der Waals surface area contributed by atoms with E-state index in [1.54, 1.807) is 11.8 Å². The predicted octanol–water partition coefficient (Wildman–Crippen LogP) is 5.13. The van der Waals surface area contributed by atoms with Crippen LogP contribution in [0.25, 0.3) is 0 Å². The molecule has 0 saturated carbocycles. The lowest BCUT2D eigenvalue weighted by Gasteiger charge is -2.20. The molecule has 1 heterocycles. The molecule has 1 unspecified atom stereocenters. The van der Waals surface area contributed by atoms with E-state index in [0.717, 1.165) is 16.5 Å². The average molecular weight is 394 g/mol. The third kappa shape index (κ3) is 5.99. The number of nitrogens with zero attached hydrogens (tertiary/aromatic N) is 2. The molecule has 0 aliphatic carbocycles. The Bertz CT molecular complexity index is 708. The number of carbonyl (C=O) groups is 1. The van der Waals surface area contributed by atoms with Gasteiger partial charge in [-0.2, -0.15) is 0 Å². The minimum atomic E-state index is -0.564. The van der Waals surface area contributed by atoms with Crippen LogP contribution < -0.4 is 10.1 Å². The monoisotopic (exact) mass is 393 g/mol. The van der Waals surface area contributed by atoms with Gasteiger partial charge in [-0.1, -0.05) is 69.9 Å². The summed E-state index contributed by atoms with van der Waals surface area (Å²) in [6.07, 6.45) is 1.08. The van der Waals surface area contributed by atoms with Crippen LogP contribution in [0.1, 0.15) is 53.0 Å². The van der Waals surface area contributed by atoms with E-state index in [4.69, 9.17) is 4.74 Å². The van der Waals surface area contributed by atoms with E-state index in [1.165, 1.54) is 16.9 Å². The van der Waals surface area contributed by atoms with Crippen molar-refractivity contribution in [2.75, 3.05) is 11.1 Å². The third-order valence-electron chi connectivity index (χ3n) is 3.73. The molecule has 1 amide bonds. The largest absolute Gasteiger partial charge is 0.481 e. The van der Waals surface area contributed by atoms with E-state index < -0.39 is 6.10 Å². The quantitative estimate of drug-likeness (QED) is 0.497. The van der Waals surface area contributed by atoms with Gasteiger partial charge in [0.15, 0.2) is 10.4 Å². The van der Waals surface area contributed by atoms with Crippen LogP contribution in [-0.2, 0) is 10.2 Å². The molecule has 26 heavy (non-hydrogen) atoms. The van der Waals surface area contributed by atoms with Gasteiger partial charge in [0, 0.05) is 5.75 Å².